The summed E-state index contributed by atoms with van der Waals surface area (Å²) in [4.78, 5) is 19.0. The van der Waals surface area contributed by atoms with E-state index in [1.807, 2.05) is 22.4 Å². The Morgan fingerprint density at radius 3 is 3.14 bits per heavy atom. The molecule has 1 saturated heterocycles. The minimum absolute atomic E-state index is 0.00542. The molecule has 0 aliphatic carbocycles. The molecule has 22 heavy (non-hydrogen) atoms. The molecule has 0 radical (unpaired) electrons. The van der Waals surface area contributed by atoms with Gasteiger partial charge in [0.25, 0.3) is 5.91 Å². The van der Waals surface area contributed by atoms with Gasteiger partial charge < -0.3 is 15.5 Å². The largest absolute Gasteiger partial charge is 0.389 e. The van der Waals surface area contributed by atoms with E-state index in [1.54, 1.807) is 22.2 Å². The van der Waals surface area contributed by atoms with Crippen LogP contribution in [0.1, 0.15) is 15.4 Å². The molecule has 2 aromatic heterocycles. The van der Waals surface area contributed by atoms with Gasteiger partial charge in [-0.2, -0.15) is 0 Å². The van der Waals surface area contributed by atoms with E-state index in [-0.39, 0.29) is 12.5 Å². The normalized spacial score (nSPS) is 25.5. The van der Waals surface area contributed by atoms with Crippen molar-refractivity contribution in [3.63, 3.8) is 0 Å². The molecule has 118 valence electrons. The number of hydrogen-bond acceptors (Lipinski definition) is 7. The first-order valence-corrected chi connectivity index (χ1v) is 8.71. The maximum absolute atomic E-state index is 11.9. The maximum atomic E-state index is 11.9. The smallest absolute Gasteiger partial charge is 0.270 e. The SMILES string of the molecule is O=C(NC[C@]1(O)CN(Cc2cccs2)C[C@H]1O)c1cscn1. The molecule has 0 unspecified atom stereocenters. The average molecular weight is 339 g/mol. The number of rotatable bonds is 5. The molecule has 1 aliphatic rings. The third kappa shape index (κ3) is 3.36. The summed E-state index contributed by atoms with van der Waals surface area (Å²) < 4.78 is 0. The molecule has 1 fully saturated rings. The lowest BCUT2D eigenvalue weighted by molar-refractivity contribution is -0.0377. The van der Waals surface area contributed by atoms with Gasteiger partial charge in [0, 0.05) is 29.9 Å². The van der Waals surface area contributed by atoms with Crippen molar-refractivity contribution in [2.75, 3.05) is 19.6 Å². The molecule has 3 rings (SSSR count). The second-order valence-corrected chi connectivity index (χ2v) is 7.18. The van der Waals surface area contributed by atoms with E-state index in [2.05, 4.69) is 10.3 Å². The van der Waals surface area contributed by atoms with Crippen LogP contribution in [0.15, 0.2) is 28.4 Å². The Morgan fingerprint density at radius 2 is 2.45 bits per heavy atom. The molecule has 0 saturated carbocycles. The number of aromatic nitrogens is 1. The number of hydrogen-bond donors (Lipinski definition) is 3. The highest BCUT2D eigenvalue weighted by Gasteiger charge is 2.44. The Kier molecular flexibility index (Phi) is 4.55. The Bertz CT molecular complexity index is 617. The second-order valence-electron chi connectivity index (χ2n) is 5.42. The Balaban J connectivity index is 1.57. The molecule has 0 aromatic carbocycles. The monoisotopic (exact) mass is 339 g/mol. The first-order valence-electron chi connectivity index (χ1n) is 6.88. The van der Waals surface area contributed by atoms with Crippen LogP contribution >= 0.6 is 22.7 Å². The lowest BCUT2D eigenvalue weighted by Crippen LogP contribution is -2.51. The second kappa shape index (κ2) is 6.43. The van der Waals surface area contributed by atoms with Gasteiger partial charge in [0.05, 0.1) is 18.2 Å². The topological polar surface area (TPSA) is 85.7 Å². The zero-order valence-corrected chi connectivity index (χ0v) is 13.4. The van der Waals surface area contributed by atoms with Crippen LogP contribution in [0.4, 0.5) is 0 Å². The van der Waals surface area contributed by atoms with Crippen molar-refractivity contribution >= 4 is 28.6 Å². The van der Waals surface area contributed by atoms with Gasteiger partial charge in [-0.3, -0.25) is 9.69 Å². The average Bonchev–Trinajstić information content (AvgIpc) is 3.20. The van der Waals surface area contributed by atoms with Crippen molar-refractivity contribution in [1.29, 1.82) is 0 Å². The molecule has 2 atom stereocenters. The van der Waals surface area contributed by atoms with Crippen LogP contribution < -0.4 is 5.32 Å². The van der Waals surface area contributed by atoms with Crippen molar-refractivity contribution < 1.29 is 15.0 Å². The Labute approximate surface area is 136 Å². The minimum atomic E-state index is -1.33. The summed E-state index contributed by atoms with van der Waals surface area (Å²) in [7, 11) is 0. The van der Waals surface area contributed by atoms with E-state index in [4.69, 9.17) is 0 Å². The number of carbonyl (C=O) groups excluding carboxylic acids is 1. The number of thiazole rings is 1. The predicted molar refractivity (Wildman–Crippen MR) is 85.0 cm³/mol. The fourth-order valence-corrected chi connectivity index (χ4v) is 3.82. The highest BCUT2D eigenvalue weighted by atomic mass is 32.1. The van der Waals surface area contributed by atoms with Gasteiger partial charge in [-0.15, -0.1) is 22.7 Å². The fraction of sp³-hybridized carbons (Fsp3) is 0.429. The van der Waals surface area contributed by atoms with Crippen molar-refractivity contribution in [3.05, 3.63) is 39.0 Å². The lowest BCUT2D eigenvalue weighted by Gasteiger charge is -2.26. The molecule has 0 spiro atoms. The van der Waals surface area contributed by atoms with Crippen molar-refractivity contribution in [3.8, 4) is 0 Å². The number of aliphatic hydroxyl groups is 2. The summed E-state index contributed by atoms with van der Waals surface area (Å²) in [5.41, 5.74) is 0.580. The first kappa shape index (κ1) is 15.6. The molecule has 6 nitrogen and oxygen atoms in total. The van der Waals surface area contributed by atoms with Gasteiger partial charge in [-0.05, 0) is 11.4 Å². The quantitative estimate of drug-likeness (QED) is 0.740. The summed E-state index contributed by atoms with van der Waals surface area (Å²) in [5, 5.41) is 27.0. The molecular formula is C14H17N3O3S2. The highest BCUT2D eigenvalue weighted by Crippen LogP contribution is 2.24. The van der Waals surface area contributed by atoms with Gasteiger partial charge >= 0.3 is 0 Å². The van der Waals surface area contributed by atoms with Crippen LogP contribution in [0, 0.1) is 0 Å². The summed E-state index contributed by atoms with van der Waals surface area (Å²) >= 11 is 2.98. The number of carbonyl (C=O) groups is 1. The molecule has 1 amide bonds. The van der Waals surface area contributed by atoms with Gasteiger partial charge in [0.15, 0.2) is 0 Å². The van der Waals surface area contributed by atoms with Crippen molar-refractivity contribution in [2.24, 2.45) is 0 Å². The predicted octanol–water partition coefficient (Wildman–Crippen LogP) is 0.542. The summed E-state index contributed by atoms with van der Waals surface area (Å²) in [6.07, 6.45) is -0.886. The van der Waals surface area contributed by atoms with Crippen molar-refractivity contribution in [1.82, 2.24) is 15.2 Å². The Hall–Kier alpha value is -1.32. The Morgan fingerprint density at radius 1 is 1.59 bits per heavy atom. The summed E-state index contributed by atoms with van der Waals surface area (Å²) in [6, 6.07) is 4.01. The van der Waals surface area contributed by atoms with E-state index in [1.165, 1.54) is 16.2 Å². The minimum Gasteiger partial charge on any atom is -0.389 e. The third-order valence-corrected chi connectivity index (χ3v) is 5.18. The van der Waals surface area contributed by atoms with Gasteiger partial charge in [-0.1, -0.05) is 6.07 Å². The van der Waals surface area contributed by atoms with E-state index in [9.17, 15) is 15.0 Å². The molecule has 1 aliphatic heterocycles. The van der Waals surface area contributed by atoms with Crippen LogP contribution in [0.3, 0.4) is 0 Å². The number of β-amino-alcohol motifs (C(OH)–C–C–N with tert-alkyl or cyclic N) is 2. The molecule has 0 bridgehead atoms. The van der Waals surface area contributed by atoms with Gasteiger partial charge in [-0.25, -0.2) is 4.98 Å². The van der Waals surface area contributed by atoms with E-state index < -0.39 is 11.7 Å². The van der Waals surface area contributed by atoms with E-state index >= 15 is 0 Å². The lowest BCUT2D eigenvalue weighted by atomic mass is 10.0. The summed E-state index contributed by atoms with van der Waals surface area (Å²) in [5.74, 6) is -0.335. The molecule has 8 heteroatoms. The number of nitrogens with zero attached hydrogens (tertiary/aromatic N) is 2. The molecule has 3 N–H and O–H groups in total. The maximum Gasteiger partial charge on any atom is 0.270 e. The van der Waals surface area contributed by atoms with E-state index in [0.29, 0.717) is 25.3 Å². The van der Waals surface area contributed by atoms with Crippen LogP contribution in [0.5, 0.6) is 0 Å². The molecule has 2 aromatic rings. The highest BCUT2D eigenvalue weighted by molar-refractivity contribution is 7.09. The van der Waals surface area contributed by atoms with E-state index in [0.717, 1.165) is 0 Å². The zero-order chi connectivity index (χ0) is 15.6. The van der Waals surface area contributed by atoms with Crippen molar-refractivity contribution in [2.45, 2.75) is 18.2 Å². The van der Waals surface area contributed by atoms with Gasteiger partial charge in [0.1, 0.15) is 11.3 Å². The third-order valence-electron chi connectivity index (χ3n) is 3.73. The first-order chi connectivity index (χ1) is 10.6. The number of amides is 1. The number of aliphatic hydroxyl groups excluding tert-OH is 1. The number of thiophene rings is 1. The van der Waals surface area contributed by atoms with Crippen LogP contribution in [-0.2, 0) is 6.54 Å². The molecule has 3 heterocycles. The summed E-state index contributed by atoms with van der Waals surface area (Å²) in [6.45, 7) is 1.41. The fourth-order valence-electron chi connectivity index (χ4n) is 2.54. The van der Waals surface area contributed by atoms with Crippen LogP contribution in [-0.4, -0.2) is 57.3 Å². The molecular weight excluding hydrogens is 322 g/mol. The van der Waals surface area contributed by atoms with Crippen LogP contribution in [0.25, 0.3) is 0 Å². The standard InChI is InChI=1S/C14H17N3O3S2/c18-12-5-17(4-10-2-1-3-22-10)8-14(12,20)7-15-13(19)11-6-21-9-16-11/h1-3,6,9,12,18,20H,4-5,7-8H2,(H,15,19)/t12-,14+/m1/s1. The zero-order valence-electron chi connectivity index (χ0n) is 11.8. The van der Waals surface area contributed by atoms with Gasteiger partial charge in [0.2, 0.25) is 0 Å². The number of likely N-dealkylation sites (tertiary alicyclic amines) is 1. The number of nitrogens with one attached hydrogen (secondary N) is 1. The van der Waals surface area contributed by atoms with Crippen LogP contribution in [0.2, 0.25) is 0 Å².